The number of hydrogen-bond acceptors (Lipinski definition) is 2. The van der Waals surface area contributed by atoms with Gasteiger partial charge in [-0.3, -0.25) is 0 Å². The largest absolute Gasteiger partial charge is 0.390 e. The van der Waals surface area contributed by atoms with Crippen LogP contribution in [0.4, 0.5) is 0 Å². The van der Waals surface area contributed by atoms with Crippen molar-refractivity contribution in [2.75, 3.05) is 13.1 Å². The van der Waals surface area contributed by atoms with Gasteiger partial charge in [-0.2, -0.15) is 0 Å². The van der Waals surface area contributed by atoms with E-state index in [9.17, 15) is 5.11 Å². The molecule has 80 valence electrons. The van der Waals surface area contributed by atoms with Crippen molar-refractivity contribution in [2.45, 2.75) is 44.6 Å². The third-order valence-corrected chi connectivity index (χ3v) is 3.18. The van der Waals surface area contributed by atoms with Gasteiger partial charge in [0.1, 0.15) is 0 Å². The van der Waals surface area contributed by atoms with Crippen LogP contribution in [0.2, 0.25) is 0 Å². The number of hydrogen-bond donors (Lipinski definition) is 2. The topological polar surface area (TPSA) is 32.3 Å². The highest BCUT2D eigenvalue weighted by Crippen LogP contribution is 2.28. The van der Waals surface area contributed by atoms with Crippen LogP contribution < -0.4 is 5.32 Å². The molecule has 0 bridgehead atoms. The van der Waals surface area contributed by atoms with Crippen molar-refractivity contribution in [3.05, 3.63) is 0 Å². The first-order chi connectivity index (χ1) is 6.67. The Bertz CT molecular complexity index is 199. The summed E-state index contributed by atoms with van der Waals surface area (Å²) in [5, 5.41) is 13.6. The molecule has 1 rings (SSSR count). The summed E-state index contributed by atoms with van der Waals surface area (Å²) in [4.78, 5) is 0. The number of unbranched alkanes of at least 4 members (excludes halogenated alkanes) is 1. The molecule has 1 aliphatic rings. The van der Waals surface area contributed by atoms with Crippen molar-refractivity contribution < 1.29 is 5.11 Å². The standard InChI is InChI=1S/C12H21NO/c1-3-4-5-8-12(2,14)11-7-6-9-13-10-11/h1,11,13-14H,4-10H2,2H3. The summed E-state index contributed by atoms with van der Waals surface area (Å²) in [5.74, 6) is 3.01. The zero-order chi connectivity index (χ0) is 10.4. The number of nitrogens with one attached hydrogen (secondary N) is 1. The first-order valence-electron chi connectivity index (χ1n) is 5.53. The van der Waals surface area contributed by atoms with E-state index in [0.29, 0.717) is 5.92 Å². The van der Waals surface area contributed by atoms with Crippen molar-refractivity contribution in [1.29, 1.82) is 0 Å². The van der Waals surface area contributed by atoms with Gasteiger partial charge in [0, 0.05) is 13.0 Å². The molecular formula is C12H21NO. The van der Waals surface area contributed by atoms with Crippen molar-refractivity contribution in [3.63, 3.8) is 0 Å². The first-order valence-corrected chi connectivity index (χ1v) is 5.53. The third-order valence-electron chi connectivity index (χ3n) is 3.18. The molecule has 0 aromatic heterocycles. The smallest absolute Gasteiger partial charge is 0.0660 e. The number of piperidine rings is 1. The Kier molecular flexibility index (Phi) is 4.44. The van der Waals surface area contributed by atoms with E-state index >= 15 is 0 Å². The van der Waals surface area contributed by atoms with Crippen LogP contribution in [0.3, 0.4) is 0 Å². The predicted molar refractivity (Wildman–Crippen MR) is 58.9 cm³/mol. The van der Waals surface area contributed by atoms with Gasteiger partial charge in [-0.1, -0.05) is 0 Å². The molecule has 2 atom stereocenters. The second-order valence-corrected chi connectivity index (χ2v) is 4.46. The minimum atomic E-state index is -0.537. The lowest BCUT2D eigenvalue weighted by molar-refractivity contribution is -0.0191. The van der Waals surface area contributed by atoms with Crippen LogP contribution in [-0.4, -0.2) is 23.8 Å². The van der Waals surface area contributed by atoms with Gasteiger partial charge in [0.2, 0.25) is 0 Å². The molecule has 1 fully saturated rings. The van der Waals surface area contributed by atoms with Crippen LogP contribution in [-0.2, 0) is 0 Å². The summed E-state index contributed by atoms with van der Waals surface area (Å²) in [6, 6.07) is 0. The van der Waals surface area contributed by atoms with Crippen molar-refractivity contribution in [1.82, 2.24) is 5.32 Å². The Morgan fingerprint density at radius 1 is 1.64 bits per heavy atom. The van der Waals surface area contributed by atoms with Crippen LogP contribution in [0, 0.1) is 18.3 Å². The van der Waals surface area contributed by atoms with Gasteiger partial charge in [0.25, 0.3) is 0 Å². The summed E-state index contributed by atoms with van der Waals surface area (Å²) in [5.41, 5.74) is -0.537. The summed E-state index contributed by atoms with van der Waals surface area (Å²) in [6.07, 6.45) is 10.0. The number of terminal acetylenes is 1. The van der Waals surface area contributed by atoms with Crippen LogP contribution in [0.25, 0.3) is 0 Å². The van der Waals surface area contributed by atoms with Crippen LogP contribution >= 0.6 is 0 Å². The van der Waals surface area contributed by atoms with E-state index < -0.39 is 5.60 Å². The Labute approximate surface area is 87.1 Å². The Morgan fingerprint density at radius 3 is 3.00 bits per heavy atom. The van der Waals surface area contributed by atoms with Crippen molar-refractivity contribution in [3.8, 4) is 12.3 Å². The Balaban J connectivity index is 2.34. The molecule has 2 N–H and O–H groups in total. The first kappa shape index (κ1) is 11.6. The van der Waals surface area contributed by atoms with Crippen LogP contribution in [0.1, 0.15) is 39.0 Å². The van der Waals surface area contributed by atoms with Gasteiger partial charge < -0.3 is 10.4 Å². The fourth-order valence-electron chi connectivity index (χ4n) is 2.14. The maximum absolute atomic E-state index is 10.3. The lowest BCUT2D eigenvalue weighted by Crippen LogP contribution is -2.44. The lowest BCUT2D eigenvalue weighted by Gasteiger charge is -2.36. The van der Waals surface area contributed by atoms with E-state index in [4.69, 9.17) is 6.42 Å². The van der Waals surface area contributed by atoms with E-state index in [1.807, 2.05) is 6.92 Å². The van der Waals surface area contributed by atoms with Gasteiger partial charge in [-0.15, -0.1) is 12.3 Å². The van der Waals surface area contributed by atoms with E-state index in [1.54, 1.807) is 0 Å². The van der Waals surface area contributed by atoms with E-state index in [2.05, 4.69) is 11.2 Å². The number of rotatable bonds is 4. The average Bonchev–Trinajstić information content (AvgIpc) is 2.19. The molecule has 2 heteroatoms. The maximum atomic E-state index is 10.3. The van der Waals surface area contributed by atoms with Crippen molar-refractivity contribution in [2.24, 2.45) is 5.92 Å². The lowest BCUT2D eigenvalue weighted by atomic mass is 9.80. The Hall–Kier alpha value is -0.520. The summed E-state index contributed by atoms with van der Waals surface area (Å²) < 4.78 is 0. The number of aliphatic hydroxyl groups is 1. The van der Waals surface area contributed by atoms with Gasteiger partial charge in [-0.25, -0.2) is 0 Å². The van der Waals surface area contributed by atoms with Crippen LogP contribution in [0.15, 0.2) is 0 Å². The monoisotopic (exact) mass is 195 g/mol. The zero-order valence-corrected chi connectivity index (χ0v) is 9.05. The van der Waals surface area contributed by atoms with E-state index in [-0.39, 0.29) is 0 Å². The molecular weight excluding hydrogens is 174 g/mol. The molecule has 0 amide bonds. The van der Waals surface area contributed by atoms with Crippen LogP contribution in [0.5, 0.6) is 0 Å². The quantitative estimate of drug-likeness (QED) is 0.527. The van der Waals surface area contributed by atoms with Gasteiger partial charge in [0.05, 0.1) is 5.60 Å². The average molecular weight is 195 g/mol. The molecule has 0 saturated carbocycles. The maximum Gasteiger partial charge on any atom is 0.0660 e. The highest BCUT2D eigenvalue weighted by Gasteiger charge is 2.31. The normalized spacial score (nSPS) is 26.5. The summed E-state index contributed by atoms with van der Waals surface area (Å²) >= 11 is 0. The molecule has 0 aliphatic carbocycles. The van der Waals surface area contributed by atoms with Gasteiger partial charge in [-0.05, 0) is 45.1 Å². The minimum absolute atomic E-state index is 0.397. The Morgan fingerprint density at radius 2 is 2.43 bits per heavy atom. The molecule has 14 heavy (non-hydrogen) atoms. The van der Waals surface area contributed by atoms with Gasteiger partial charge >= 0.3 is 0 Å². The molecule has 0 aromatic carbocycles. The molecule has 0 radical (unpaired) electrons. The fourth-order valence-corrected chi connectivity index (χ4v) is 2.14. The van der Waals surface area contributed by atoms with E-state index in [1.165, 1.54) is 6.42 Å². The molecule has 1 aliphatic heterocycles. The second-order valence-electron chi connectivity index (χ2n) is 4.46. The fraction of sp³-hybridized carbons (Fsp3) is 0.833. The molecule has 1 heterocycles. The second kappa shape index (κ2) is 5.38. The molecule has 2 unspecified atom stereocenters. The SMILES string of the molecule is C#CCCCC(C)(O)C1CCCNC1. The highest BCUT2D eigenvalue weighted by atomic mass is 16.3. The summed E-state index contributed by atoms with van der Waals surface area (Å²) in [7, 11) is 0. The zero-order valence-electron chi connectivity index (χ0n) is 9.05. The predicted octanol–water partition coefficient (Wildman–Crippen LogP) is 1.54. The van der Waals surface area contributed by atoms with Crippen molar-refractivity contribution >= 4 is 0 Å². The molecule has 0 spiro atoms. The summed E-state index contributed by atoms with van der Waals surface area (Å²) in [6.45, 7) is 3.99. The van der Waals surface area contributed by atoms with Gasteiger partial charge in [0.15, 0.2) is 0 Å². The third kappa shape index (κ3) is 3.32. The minimum Gasteiger partial charge on any atom is -0.390 e. The molecule has 2 nitrogen and oxygen atoms in total. The molecule has 1 saturated heterocycles. The molecule has 0 aromatic rings. The van der Waals surface area contributed by atoms with E-state index in [0.717, 1.165) is 38.8 Å². The highest BCUT2D eigenvalue weighted by molar-refractivity contribution is 4.89.